The molecule has 0 aliphatic heterocycles. The Morgan fingerprint density at radius 1 is 1.30 bits per heavy atom. The zero-order valence-corrected chi connectivity index (χ0v) is 12.1. The van der Waals surface area contributed by atoms with E-state index in [0.717, 1.165) is 24.5 Å². The van der Waals surface area contributed by atoms with E-state index in [4.69, 9.17) is 5.11 Å². The molecule has 1 aromatic carbocycles. The number of carbonyl (C=O) groups excluding carboxylic acids is 1. The van der Waals surface area contributed by atoms with Crippen LogP contribution in [0, 0.1) is 6.92 Å². The number of carbonyl (C=O) groups is 2. The highest BCUT2D eigenvalue weighted by Crippen LogP contribution is 2.13. The summed E-state index contributed by atoms with van der Waals surface area (Å²) in [7, 11) is 0. The van der Waals surface area contributed by atoms with Gasteiger partial charge in [-0.2, -0.15) is 0 Å². The van der Waals surface area contributed by atoms with E-state index < -0.39 is 5.97 Å². The predicted molar refractivity (Wildman–Crippen MR) is 79.7 cm³/mol. The third kappa shape index (κ3) is 4.53. The molecule has 4 heteroatoms. The summed E-state index contributed by atoms with van der Waals surface area (Å²) in [6, 6.07) is 5.50. The fourth-order valence-corrected chi connectivity index (χ4v) is 1.91. The van der Waals surface area contributed by atoms with Gasteiger partial charge in [0.25, 0.3) is 5.91 Å². The Labute approximate surface area is 119 Å². The molecule has 0 atom stereocenters. The second-order valence-corrected chi connectivity index (χ2v) is 4.73. The highest BCUT2D eigenvalue weighted by molar-refractivity contribution is 5.96. The Kier molecular flexibility index (Phi) is 5.97. The standard InChI is InChI=1S/C16H21NO3/c1-4-13(5-2)17-16(20)14-10-12(7-6-11(14)3)8-9-15(18)19/h6-10,13H,4-5H2,1-3H3,(H,17,20)(H,18,19). The molecule has 0 aliphatic rings. The molecule has 0 saturated carbocycles. The number of hydrogen-bond donors (Lipinski definition) is 2. The molecule has 108 valence electrons. The Morgan fingerprint density at radius 2 is 1.95 bits per heavy atom. The Morgan fingerprint density at radius 3 is 2.50 bits per heavy atom. The first-order chi connectivity index (χ1) is 9.47. The van der Waals surface area contributed by atoms with Crippen LogP contribution in [0.15, 0.2) is 24.3 Å². The van der Waals surface area contributed by atoms with E-state index in [0.29, 0.717) is 11.1 Å². The van der Waals surface area contributed by atoms with Crippen LogP contribution in [0.25, 0.3) is 6.08 Å². The topological polar surface area (TPSA) is 66.4 Å². The van der Waals surface area contributed by atoms with Gasteiger partial charge in [-0.1, -0.05) is 26.0 Å². The lowest BCUT2D eigenvalue weighted by Gasteiger charge is -2.16. The van der Waals surface area contributed by atoms with Gasteiger partial charge in [0, 0.05) is 17.7 Å². The summed E-state index contributed by atoms with van der Waals surface area (Å²) in [4.78, 5) is 22.7. The minimum atomic E-state index is -1.01. The smallest absolute Gasteiger partial charge is 0.328 e. The van der Waals surface area contributed by atoms with Crippen molar-refractivity contribution >= 4 is 18.0 Å². The first kappa shape index (κ1) is 16.0. The van der Waals surface area contributed by atoms with Crippen LogP contribution in [0.2, 0.25) is 0 Å². The largest absolute Gasteiger partial charge is 0.478 e. The van der Waals surface area contributed by atoms with Crippen molar-refractivity contribution in [3.05, 3.63) is 41.0 Å². The van der Waals surface area contributed by atoms with Crippen molar-refractivity contribution in [2.45, 2.75) is 39.7 Å². The van der Waals surface area contributed by atoms with Crippen molar-refractivity contribution in [2.24, 2.45) is 0 Å². The van der Waals surface area contributed by atoms with Crippen LogP contribution in [-0.4, -0.2) is 23.0 Å². The number of amides is 1. The van der Waals surface area contributed by atoms with Crippen LogP contribution in [-0.2, 0) is 4.79 Å². The summed E-state index contributed by atoms with van der Waals surface area (Å²) in [6.07, 6.45) is 4.32. The Bertz CT molecular complexity index is 516. The number of aryl methyl sites for hydroxylation is 1. The summed E-state index contributed by atoms with van der Waals surface area (Å²) in [5, 5.41) is 11.6. The predicted octanol–water partition coefficient (Wildman–Crippen LogP) is 3.01. The van der Waals surface area contributed by atoms with E-state index in [2.05, 4.69) is 5.32 Å². The van der Waals surface area contributed by atoms with Gasteiger partial charge in [0.05, 0.1) is 0 Å². The van der Waals surface area contributed by atoms with Gasteiger partial charge in [0.1, 0.15) is 0 Å². The first-order valence-electron chi connectivity index (χ1n) is 6.80. The first-order valence-corrected chi connectivity index (χ1v) is 6.80. The van der Waals surface area contributed by atoms with Gasteiger partial charge in [0.15, 0.2) is 0 Å². The van der Waals surface area contributed by atoms with Gasteiger partial charge in [-0.15, -0.1) is 0 Å². The fourth-order valence-electron chi connectivity index (χ4n) is 1.91. The lowest BCUT2D eigenvalue weighted by atomic mass is 10.0. The molecule has 0 unspecified atom stereocenters. The Balaban J connectivity index is 2.96. The molecule has 0 radical (unpaired) electrons. The molecular weight excluding hydrogens is 254 g/mol. The van der Waals surface area contributed by atoms with E-state index in [-0.39, 0.29) is 11.9 Å². The summed E-state index contributed by atoms with van der Waals surface area (Å²) < 4.78 is 0. The van der Waals surface area contributed by atoms with Crippen molar-refractivity contribution in [1.82, 2.24) is 5.32 Å². The van der Waals surface area contributed by atoms with Gasteiger partial charge in [-0.3, -0.25) is 4.79 Å². The van der Waals surface area contributed by atoms with Crippen LogP contribution in [0.4, 0.5) is 0 Å². The van der Waals surface area contributed by atoms with E-state index in [9.17, 15) is 9.59 Å². The fraction of sp³-hybridized carbons (Fsp3) is 0.375. The maximum absolute atomic E-state index is 12.2. The van der Waals surface area contributed by atoms with Crippen molar-refractivity contribution in [1.29, 1.82) is 0 Å². The van der Waals surface area contributed by atoms with Gasteiger partial charge >= 0.3 is 5.97 Å². The zero-order chi connectivity index (χ0) is 15.1. The maximum Gasteiger partial charge on any atom is 0.328 e. The van der Waals surface area contributed by atoms with Gasteiger partial charge in [-0.05, 0) is 43.0 Å². The number of benzene rings is 1. The van der Waals surface area contributed by atoms with E-state index in [1.165, 1.54) is 6.08 Å². The number of carboxylic acid groups (broad SMARTS) is 1. The summed E-state index contributed by atoms with van der Waals surface area (Å²) in [5.41, 5.74) is 2.16. The minimum Gasteiger partial charge on any atom is -0.478 e. The lowest BCUT2D eigenvalue weighted by molar-refractivity contribution is -0.131. The van der Waals surface area contributed by atoms with Gasteiger partial charge in [-0.25, -0.2) is 4.79 Å². The van der Waals surface area contributed by atoms with Crippen LogP contribution >= 0.6 is 0 Å². The molecule has 1 amide bonds. The third-order valence-electron chi connectivity index (χ3n) is 3.25. The second-order valence-electron chi connectivity index (χ2n) is 4.73. The molecule has 0 fully saturated rings. The van der Waals surface area contributed by atoms with Crippen LogP contribution in [0.3, 0.4) is 0 Å². The zero-order valence-electron chi connectivity index (χ0n) is 12.1. The summed E-state index contributed by atoms with van der Waals surface area (Å²) >= 11 is 0. The quantitative estimate of drug-likeness (QED) is 0.784. The van der Waals surface area contributed by atoms with E-state index in [1.807, 2.05) is 26.8 Å². The number of aliphatic carboxylic acids is 1. The SMILES string of the molecule is CCC(CC)NC(=O)c1cc(C=CC(=O)O)ccc1C. The molecule has 1 aromatic rings. The number of rotatable bonds is 6. The summed E-state index contributed by atoms with van der Waals surface area (Å²) in [5.74, 6) is -1.12. The monoisotopic (exact) mass is 275 g/mol. The molecule has 0 aromatic heterocycles. The van der Waals surface area contributed by atoms with Crippen molar-refractivity contribution in [3.63, 3.8) is 0 Å². The number of carboxylic acids is 1. The van der Waals surface area contributed by atoms with Gasteiger partial charge < -0.3 is 10.4 Å². The molecule has 0 spiro atoms. The molecule has 0 saturated heterocycles. The molecule has 0 aliphatic carbocycles. The molecule has 0 heterocycles. The van der Waals surface area contributed by atoms with E-state index >= 15 is 0 Å². The lowest BCUT2D eigenvalue weighted by Crippen LogP contribution is -2.34. The van der Waals surface area contributed by atoms with Gasteiger partial charge in [0.2, 0.25) is 0 Å². The van der Waals surface area contributed by atoms with Crippen molar-refractivity contribution in [3.8, 4) is 0 Å². The van der Waals surface area contributed by atoms with Crippen LogP contribution in [0.1, 0.15) is 48.2 Å². The average Bonchev–Trinajstić information content (AvgIpc) is 2.43. The number of hydrogen-bond acceptors (Lipinski definition) is 2. The number of nitrogens with one attached hydrogen (secondary N) is 1. The maximum atomic E-state index is 12.2. The third-order valence-corrected chi connectivity index (χ3v) is 3.25. The average molecular weight is 275 g/mol. The summed E-state index contributed by atoms with van der Waals surface area (Å²) in [6.45, 7) is 5.94. The molecule has 20 heavy (non-hydrogen) atoms. The Hall–Kier alpha value is -2.10. The van der Waals surface area contributed by atoms with Crippen LogP contribution in [0.5, 0.6) is 0 Å². The molecular formula is C16H21NO3. The van der Waals surface area contributed by atoms with Crippen LogP contribution < -0.4 is 5.32 Å². The molecule has 0 bridgehead atoms. The molecule has 1 rings (SSSR count). The normalized spacial score (nSPS) is 11.0. The molecule has 2 N–H and O–H groups in total. The highest BCUT2D eigenvalue weighted by Gasteiger charge is 2.13. The highest BCUT2D eigenvalue weighted by atomic mass is 16.4. The van der Waals surface area contributed by atoms with Crippen molar-refractivity contribution < 1.29 is 14.7 Å². The van der Waals surface area contributed by atoms with E-state index in [1.54, 1.807) is 12.1 Å². The molecule has 4 nitrogen and oxygen atoms in total. The minimum absolute atomic E-state index is 0.109. The van der Waals surface area contributed by atoms with Crippen molar-refractivity contribution in [2.75, 3.05) is 0 Å². The second kappa shape index (κ2) is 7.48.